The fourth-order valence-corrected chi connectivity index (χ4v) is 4.78. The third-order valence-corrected chi connectivity index (χ3v) is 6.28. The summed E-state index contributed by atoms with van der Waals surface area (Å²) in [6, 6.07) is 14.3. The van der Waals surface area contributed by atoms with Gasteiger partial charge in [0.25, 0.3) is 11.8 Å². The van der Waals surface area contributed by atoms with E-state index in [1.54, 1.807) is 47.5 Å². The third kappa shape index (κ3) is 3.78. The molecule has 8 heteroatoms. The van der Waals surface area contributed by atoms with Crippen LogP contribution in [-0.2, 0) is 0 Å². The minimum atomic E-state index is -0.246. The number of carbonyl (C=O) groups excluding carboxylic acids is 2. The summed E-state index contributed by atoms with van der Waals surface area (Å²) in [5, 5.41) is 3.56. The second-order valence-corrected chi connectivity index (χ2v) is 8.44. The van der Waals surface area contributed by atoms with Crippen LogP contribution in [0.1, 0.15) is 34.1 Å². The van der Waals surface area contributed by atoms with Crippen molar-refractivity contribution in [1.29, 1.82) is 0 Å². The lowest BCUT2D eigenvalue weighted by Gasteiger charge is -2.22. The van der Waals surface area contributed by atoms with Crippen molar-refractivity contribution in [2.24, 2.45) is 0 Å². The van der Waals surface area contributed by atoms with Crippen LogP contribution in [0.5, 0.6) is 11.5 Å². The van der Waals surface area contributed by atoms with Crippen molar-refractivity contribution >= 4 is 35.0 Å². The van der Waals surface area contributed by atoms with Crippen molar-refractivity contribution in [3.63, 3.8) is 0 Å². The number of nitrogens with one attached hydrogen (secondary N) is 1. The molecule has 0 fully saturated rings. The fourth-order valence-electron chi connectivity index (χ4n) is 3.72. The second kappa shape index (κ2) is 8.55. The van der Waals surface area contributed by atoms with E-state index in [1.165, 1.54) is 11.8 Å². The SMILES string of the molecule is CCCN1C(=O)c2cccnc2Sc2cc(C(=O)Nc3ccc4c(c3)OCCO4)ccc21. The average Bonchev–Trinajstić information content (AvgIpc) is 2.93. The van der Waals surface area contributed by atoms with E-state index in [-0.39, 0.29) is 11.8 Å². The summed E-state index contributed by atoms with van der Waals surface area (Å²) in [6.07, 6.45) is 2.49. The van der Waals surface area contributed by atoms with Gasteiger partial charge in [0.05, 0.1) is 11.3 Å². The summed E-state index contributed by atoms with van der Waals surface area (Å²) in [7, 11) is 0. The van der Waals surface area contributed by atoms with Gasteiger partial charge in [0.2, 0.25) is 0 Å². The van der Waals surface area contributed by atoms with Gasteiger partial charge in [0, 0.05) is 35.0 Å². The van der Waals surface area contributed by atoms with Gasteiger partial charge in [-0.05, 0) is 48.9 Å². The molecule has 162 valence electrons. The first-order chi connectivity index (χ1) is 15.6. The van der Waals surface area contributed by atoms with Crippen LogP contribution in [0.3, 0.4) is 0 Å². The lowest BCUT2D eigenvalue weighted by molar-refractivity contribution is 0.0982. The largest absolute Gasteiger partial charge is 0.486 e. The molecule has 3 aromatic rings. The van der Waals surface area contributed by atoms with E-state index >= 15 is 0 Å². The van der Waals surface area contributed by atoms with Crippen molar-refractivity contribution in [2.45, 2.75) is 23.3 Å². The number of anilines is 2. The number of hydrogen-bond donors (Lipinski definition) is 1. The molecule has 0 atom stereocenters. The Hall–Kier alpha value is -3.52. The Morgan fingerprint density at radius 3 is 2.81 bits per heavy atom. The van der Waals surface area contributed by atoms with Crippen molar-refractivity contribution in [3.05, 3.63) is 65.9 Å². The molecule has 3 heterocycles. The number of ether oxygens (including phenoxy) is 2. The molecule has 0 spiro atoms. The number of rotatable bonds is 4. The molecule has 2 aliphatic heterocycles. The van der Waals surface area contributed by atoms with Crippen molar-refractivity contribution in [3.8, 4) is 11.5 Å². The maximum Gasteiger partial charge on any atom is 0.261 e. The van der Waals surface area contributed by atoms with Gasteiger partial charge in [0.1, 0.15) is 18.2 Å². The molecule has 0 bridgehead atoms. The smallest absolute Gasteiger partial charge is 0.261 e. The highest BCUT2D eigenvalue weighted by molar-refractivity contribution is 7.99. The maximum atomic E-state index is 13.1. The summed E-state index contributed by atoms with van der Waals surface area (Å²) in [5.41, 5.74) is 2.48. The van der Waals surface area contributed by atoms with E-state index in [0.29, 0.717) is 53.1 Å². The minimum Gasteiger partial charge on any atom is -0.486 e. The van der Waals surface area contributed by atoms with Gasteiger partial charge in [-0.25, -0.2) is 4.98 Å². The van der Waals surface area contributed by atoms with E-state index < -0.39 is 0 Å². The standard InChI is InChI=1S/C24H21N3O4S/c1-2-10-27-18-7-5-15(13-21(18)32-23-17(24(27)29)4-3-9-25-23)22(28)26-16-6-8-19-20(14-16)31-12-11-30-19/h3-9,13-14H,2,10-12H2,1H3,(H,26,28). The van der Waals surface area contributed by atoms with Crippen LogP contribution in [-0.4, -0.2) is 36.6 Å². The van der Waals surface area contributed by atoms with Gasteiger partial charge in [-0.3, -0.25) is 9.59 Å². The van der Waals surface area contributed by atoms with Crippen molar-refractivity contribution < 1.29 is 19.1 Å². The zero-order valence-corrected chi connectivity index (χ0v) is 18.3. The quantitative estimate of drug-likeness (QED) is 0.628. The third-order valence-electron chi connectivity index (χ3n) is 5.21. The van der Waals surface area contributed by atoms with Gasteiger partial charge in [0.15, 0.2) is 11.5 Å². The van der Waals surface area contributed by atoms with Crippen LogP contribution in [0.4, 0.5) is 11.4 Å². The van der Waals surface area contributed by atoms with Crippen LogP contribution in [0.25, 0.3) is 0 Å². The van der Waals surface area contributed by atoms with Crippen molar-refractivity contribution in [1.82, 2.24) is 4.98 Å². The van der Waals surface area contributed by atoms with Crippen LogP contribution < -0.4 is 19.7 Å². The van der Waals surface area contributed by atoms with Gasteiger partial charge in [-0.15, -0.1) is 0 Å². The van der Waals surface area contributed by atoms with E-state index in [4.69, 9.17) is 9.47 Å². The number of amides is 2. The van der Waals surface area contributed by atoms with Crippen molar-refractivity contribution in [2.75, 3.05) is 30.0 Å². The molecule has 1 N–H and O–H groups in total. The molecule has 5 rings (SSSR count). The zero-order valence-electron chi connectivity index (χ0n) is 17.5. The Morgan fingerprint density at radius 2 is 1.97 bits per heavy atom. The number of fused-ring (bicyclic) bond motifs is 3. The first-order valence-corrected chi connectivity index (χ1v) is 11.3. The molecule has 2 amide bonds. The molecule has 2 aliphatic rings. The number of pyridine rings is 1. The van der Waals surface area contributed by atoms with Gasteiger partial charge >= 0.3 is 0 Å². The summed E-state index contributed by atoms with van der Waals surface area (Å²) in [4.78, 5) is 33.1. The predicted molar refractivity (Wildman–Crippen MR) is 122 cm³/mol. The molecule has 0 aliphatic carbocycles. The summed E-state index contributed by atoms with van der Waals surface area (Å²) in [5.74, 6) is 0.962. The Kier molecular flexibility index (Phi) is 5.45. The molecule has 0 radical (unpaired) electrons. The zero-order chi connectivity index (χ0) is 22.1. The molecule has 0 saturated carbocycles. The number of nitrogens with zero attached hydrogens (tertiary/aromatic N) is 2. The number of aromatic nitrogens is 1. The average molecular weight is 448 g/mol. The molecule has 0 saturated heterocycles. The maximum absolute atomic E-state index is 13.1. The predicted octanol–water partition coefficient (Wildman–Crippen LogP) is 4.63. The number of carbonyl (C=O) groups is 2. The minimum absolute atomic E-state index is 0.0744. The summed E-state index contributed by atoms with van der Waals surface area (Å²) >= 11 is 1.40. The highest BCUT2D eigenvalue weighted by Gasteiger charge is 2.28. The Bertz CT molecular complexity index is 1210. The van der Waals surface area contributed by atoms with Crippen LogP contribution in [0.2, 0.25) is 0 Å². The first kappa shape index (κ1) is 20.4. The fraction of sp³-hybridized carbons (Fsp3) is 0.208. The molecular formula is C24H21N3O4S. The molecule has 7 nitrogen and oxygen atoms in total. The second-order valence-electron chi connectivity index (χ2n) is 7.41. The first-order valence-electron chi connectivity index (χ1n) is 10.4. The summed E-state index contributed by atoms with van der Waals surface area (Å²) < 4.78 is 11.1. The molecule has 32 heavy (non-hydrogen) atoms. The van der Waals surface area contributed by atoms with Crippen LogP contribution >= 0.6 is 11.8 Å². The van der Waals surface area contributed by atoms with Gasteiger partial charge in [-0.1, -0.05) is 18.7 Å². The van der Waals surface area contributed by atoms with Gasteiger partial charge in [-0.2, -0.15) is 0 Å². The van der Waals surface area contributed by atoms with Gasteiger partial charge < -0.3 is 19.7 Å². The van der Waals surface area contributed by atoms with E-state index in [9.17, 15) is 9.59 Å². The highest BCUT2D eigenvalue weighted by Crippen LogP contribution is 2.41. The van der Waals surface area contributed by atoms with E-state index in [2.05, 4.69) is 10.3 Å². The Balaban J connectivity index is 1.46. The normalized spacial score (nSPS) is 14.3. The van der Waals surface area contributed by atoms with Crippen LogP contribution in [0.15, 0.2) is 64.6 Å². The molecule has 2 aromatic carbocycles. The molecular weight excluding hydrogens is 426 g/mol. The van der Waals surface area contributed by atoms with E-state index in [1.807, 2.05) is 19.1 Å². The molecule has 1 aromatic heterocycles. The lowest BCUT2D eigenvalue weighted by atomic mass is 10.1. The Labute approximate surface area is 189 Å². The Morgan fingerprint density at radius 1 is 1.12 bits per heavy atom. The summed E-state index contributed by atoms with van der Waals surface area (Å²) in [6.45, 7) is 3.61. The van der Waals surface area contributed by atoms with Crippen LogP contribution in [0, 0.1) is 0 Å². The van der Waals surface area contributed by atoms with E-state index in [0.717, 1.165) is 17.0 Å². The highest BCUT2D eigenvalue weighted by atomic mass is 32.2. The lowest BCUT2D eigenvalue weighted by Crippen LogP contribution is -2.31. The number of benzene rings is 2. The topological polar surface area (TPSA) is 80.8 Å². The number of hydrogen-bond acceptors (Lipinski definition) is 6. The molecule has 0 unspecified atom stereocenters. The monoisotopic (exact) mass is 447 g/mol.